The minimum Gasteiger partial charge on any atom is -0.280 e. The van der Waals surface area contributed by atoms with E-state index in [1.54, 1.807) is 0 Å². The van der Waals surface area contributed by atoms with Crippen molar-refractivity contribution >= 4 is 29.7 Å². The first-order valence-electron chi connectivity index (χ1n) is 12.2. The van der Waals surface area contributed by atoms with Gasteiger partial charge < -0.3 is 0 Å². The largest absolute Gasteiger partial charge is 0.386 e. The summed E-state index contributed by atoms with van der Waals surface area (Å²) in [6.45, 7) is 4.29. The highest BCUT2D eigenvalue weighted by Crippen LogP contribution is 2.36. The van der Waals surface area contributed by atoms with Gasteiger partial charge in [-0.05, 0) is 46.1 Å². The van der Waals surface area contributed by atoms with Gasteiger partial charge in [-0.2, -0.15) is 0 Å². The van der Waals surface area contributed by atoms with Crippen molar-refractivity contribution in [1.29, 1.82) is 0 Å². The molecular formula is C32H30FNSi. The van der Waals surface area contributed by atoms with Gasteiger partial charge in [0.25, 0.3) is 0 Å². The third kappa shape index (κ3) is 4.34. The second-order valence-electron chi connectivity index (χ2n) is 9.10. The van der Waals surface area contributed by atoms with Gasteiger partial charge in [-0.25, -0.2) is 0 Å². The second-order valence-corrected chi connectivity index (χ2v) is 12.0. The molecule has 0 aromatic heterocycles. The highest BCUT2D eigenvalue weighted by Gasteiger charge is 2.51. The van der Waals surface area contributed by atoms with Gasteiger partial charge in [0, 0.05) is 12.1 Å². The highest BCUT2D eigenvalue weighted by atomic mass is 28.4. The minimum absolute atomic E-state index is 0.137. The molecule has 0 amide bonds. The van der Waals surface area contributed by atoms with Crippen LogP contribution < -0.4 is 10.4 Å². The van der Waals surface area contributed by atoms with E-state index in [1.807, 2.05) is 91.0 Å². The predicted molar refractivity (Wildman–Crippen MR) is 148 cm³/mol. The molecule has 0 unspecified atom stereocenters. The molecule has 0 aliphatic heterocycles. The zero-order chi connectivity index (χ0) is 24.3. The van der Waals surface area contributed by atoms with E-state index in [-0.39, 0.29) is 12.1 Å². The lowest BCUT2D eigenvalue weighted by molar-refractivity contribution is 0.257. The van der Waals surface area contributed by atoms with E-state index in [1.165, 1.54) is 0 Å². The van der Waals surface area contributed by atoms with Gasteiger partial charge in [0.1, 0.15) is 0 Å². The van der Waals surface area contributed by atoms with Crippen LogP contribution in [-0.2, 0) is 0 Å². The average molecular weight is 476 g/mol. The van der Waals surface area contributed by atoms with Crippen LogP contribution in [0.2, 0.25) is 0 Å². The van der Waals surface area contributed by atoms with Crippen LogP contribution in [-0.4, -0.2) is 13.1 Å². The molecule has 0 bridgehead atoms. The van der Waals surface area contributed by atoms with Crippen LogP contribution in [0, 0.1) is 0 Å². The predicted octanol–water partition coefficient (Wildman–Crippen LogP) is 7.19. The Kier molecular flexibility index (Phi) is 6.63. The molecule has 0 heterocycles. The van der Waals surface area contributed by atoms with E-state index < -0.39 is 8.57 Å². The van der Waals surface area contributed by atoms with Crippen molar-refractivity contribution in [2.45, 2.75) is 25.9 Å². The number of hydrogen-bond donors (Lipinski definition) is 0. The minimum atomic E-state index is -3.95. The summed E-state index contributed by atoms with van der Waals surface area (Å²) in [4.78, 5) is 0. The Balaban J connectivity index is 1.81. The Morgan fingerprint density at radius 3 is 1.57 bits per heavy atom. The lowest BCUT2D eigenvalue weighted by Crippen LogP contribution is -2.68. The van der Waals surface area contributed by atoms with Crippen LogP contribution in [0.25, 0.3) is 10.8 Å². The summed E-state index contributed by atoms with van der Waals surface area (Å²) in [7, 11) is -3.95. The summed E-state index contributed by atoms with van der Waals surface area (Å²) in [6.07, 6.45) is 0. The van der Waals surface area contributed by atoms with Gasteiger partial charge in [0.15, 0.2) is 0 Å². The Bertz CT molecular complexity index is 1340. The van der Waals surface area contributed by atoms with E-state index in [4.69, 9.17) is 0 Å². The lowest BCUT2D eigenvalue weighted by Gasteiger charge is -2.44. The normalized spacial score (nSPS) is 15.0. The van der Waals surface area contributed by atoms with Crippen molar-refractivity contribution in [2.75, 3.05) is 0 Å². The molecule has 0 spiro atoms. The first kappa shape index (κ1) is 23.2. The molecule has 3 atom stereocenters. The van der Waals surface area contributed by atoms with Crippen LogP contribution >= 0.6 is 0 Å². The molecule has 0 aliphatic rings. The van der Waals surface area contributed by atoms with Crippen molar-refractivity contribution < 1.29 is 4.11 Å². The van der Waals surface area contributed by atoms with E-state index in [2.05, 4.69) is 60.9 Å². The van der Waals surface area contributed by atoms with E-state index in [0.29, 0.717) is 0 Å². The number of rotatable bonds is 7. The number of nitrogens with zero attached hydrogens (tertiary/aromatic N) is 1. The summed E-state index contributed by atoms with van der Waals surface area (Å²) in [5, 5.41) is 3.61. The Hall–Kier alpha value is -3.53. The summed E-state index contributed by atoms with van der Waals surface area (Å²) in [5.74, 6) is 0. The lowest BCUT2D eigenvalue weighted by atomic mass is 10.0. The van der Waals surface area contributed by atoms with Crippen LogP contribution in [0.3, 0.4) is 0 Å². The molecule has 0 fully saturated rings. The molecule has 5 aromatic carbocycles. The molecule has 35 heavy (non-hydrogen) atoms. The third-order valence-electron chi connectivity index (χ3n) is 7.06. The van der Waals surface area contributed by atoms with E-state index in [0.717, 1.165) is 32.3 Å². The average Bonchev–Trinajstić information content (AvgIpc) is 2.94. The standard InChI is InChI=1S/C32H30FNSi/c1-25(27-15-6-3-7-16-27)34(26(2)28-17-8-4-9-18-28)35(33,30-21-10-5-11-22-30)32-24-14-20-29-19-12-13-23-31(29)32/h3-26H,1-2H3/t25-,26-,35+/m1/s1. The second kappa shape index (κ2) is 9.99. The van der Waals surface area contributed by atoms with Gasteiger partial charge in [-0.3, -0.25) is 8.67 Å². The van der Waals surface area contributed by atoms with Gasteiger partial charge in [0.2, 0.25) is 0 Å². The molecule has 3 heteroatoms. The van der Waals surface area contributed by atoms with E-state index in [9.17, 15) is 0 Å². The topological polar surface area (TPSA) is 3.24 Å². The molecule has 0 saturated carbocycles. The Morgan fingerprint density at radius 1 is 0.543 bits per heavy atom. The fourth-order valence-electron chi connectivity index (χ4n) is 5.27. The molecule has 5 aromatic rings. The van der Waals surface area contributed by atoms with Crippen LogP contribution in [0.5, 0.6) is 0 Å². The fourth-order valence-corrected chi connectivity index (χ4v) is 9.06. The first-order chi connectivity index (χ1) is 17.1. The van der Waals surface area contributed by atoms with Crippen molar-refractivity contribution in [3.05, 3.63) is 145 Å². The quantitative estimate of drug-likeness (QED) is 0.178. The van der Waals surface area contributed by atoms with Crippen molar-refractivity contribution in [1.82, 2.24) is 4.57 Å². The Labute approximate surface area is 208 Å². The molecule has 5 rings (SSSR count). The zero-order valence-electron chi connectivity index (χ0n) is 20.2. The maximum absolute atomic E-state index is 18.6. The van der Waals surface area contributed by atoms with Crippen LogP contribution in [0.15, 0.2) is 133 Å². The van der Waals surface area contributed by atoms with Crippen LogP contribution in [0.1, 0.15) is 37.1 Å². The molecule has 174 valence electrons. The van der Waals surface area contributed by atoms with Crippen molar-refractivity contribution in [2.24, 2.45) is 0 Å². The number of halogens is 1. The number of hydrogen-bond acceptors (Lipinski definition) is 1. The van der Waals surface area contributed by atoms with E-state index >= 15 is 4.11 Å². The van der Waals surface area contributed by atoms with Gasteiger partial charge in [-0.15, -0.1) is 0 Å². The third-order valence-corrected chi connectivity index (χ3v) is 10.8. The number of fused-ring (bicyclic) bond motifs is 1. The van der Waals surface area contributed by atoms with Crippen molar-refractivity contribution in [3.8, 4) is 0 Å². The summed E-state index contributed by atoms with van der Waals surface area (Å²) >= 11 is 0. The van der Waals surface area contributed by atoms with Crippen LogP contribution in [0.4, 0.5) is 4.11 Å². The summed E-state index contributed by atoms with van der Waals surface area (Å²) < 4.78 is 20.8. The monoisotopic (exact) mass is 475 g/mol. The molecule has 0 saturated heterocycles. The maximum atomic E-state index is 18.6. The smallest absolute Gasteiger partial charge is 0.280 e. The van der Waals surface area contributed by atoms with Crippen molar-refractivity contribution in [3.63, 3.8) is 0 Å². The maximum Gasteiger partial charge on any atom is 0.386 e. The van der Waals surface area contributed by atoms with Gasteiger partial charge in [-0.1, -0.05) is 133 Å². The molecule has 0 aliphatic carbocycles. The molecule has 0 radical (unpaired) electrons. The van der Waals surface area contributed by atoms with Gasteiger partial charge in [0.05, 0.1) is 0 Å². The van der Waals surface area contributed by atoms with Gasteiger partial charge >= 0.3 is 8.57 Å². The molecule has 0 N–H and O–H groups in total. The first-order valence-corrected chi connectivity index (χ1v) is 14.0. The number of benzene rings is 5. The highest BCUT2D eigenvalue weighted by molar-refractivity contribution is 6.96. The molecule has 1 nitrogen and oxygen atoms in total. The molecular weight excluding hydrogens is 445 g/mol. The SMILES string of the molecule is C[C@H](c1ccccc1)N([C@H](C)c1ccccc1)[Si@@](F)(c1ccccc1)c1cccc2ccccc12. The zero-order valence-corrected chi connectivity index (χ0v) is 21.2. The summed E-state index contributed by atoms with van der Waals surface area (Å²) in [6, 6.07) is 44.4. The Morgan fingerprint density at radius 2 is 1.00 bits per heavy atom. The summed E-state index contributed by atoms with van der Waals surface area (Å²) in [5.41, 5.74) is 2.22. The fraction of sp³-hybridized carbons (Fsp3) is 0.125.